The molecule has 0 aliphatic carbocycles. The van der Waals surface area contributed by atoms with Crippen LogP contribution in [0.4, 0.5) is 0 Å². The van der Waals surface area contributed by atoms with E-state index in [2.05, 4.69) is 86.8 Å². The number of hydrogen-bond donors (Lipinski definition) is 3. The highest BCUT2D eigenvalue weighted by Crippen LogP contribution is 2.18. The molecule has 1 amide bonds. The van der Waals surface area contributed by atoms with Gasteiger partial charge in [0.25, 0.3) is 0 Å². The van der Waals surface area contributed by atoms with Crippen molar-refractivity contribution in [3.8, 4) is 0 Å². The molecule has 3 unspecified atom stereocenters. The standard InChI is InChI=1S/C55H99NO5/c1-4-7-10-13-16-19-21-23-25-27-29-31-33-36-39-42-45-48-55(60)61-51(46-43-40-37-34-18-15-12-9-6-3)49-54(59)56-52(50-57)53(58)47-44-41-38-35-32-30-28-26-24-22-20-17-14-11-8-5-2/h7,10,16,19,23,25,29,31,36,39,51-53,57-58H,4-6,8-9,11-15,17-18,20-22,24,26-28,30,32-35,37-38,40-50H2,1-3H3,(H,56,59)/b10-7-,19-16-,25-23-,31-29-,39-36-. The first-order valence-electron chi connectivity index (χ1n) is 26.0. The molecule has 3 N–H and O–H groups in total. The highest BCUT2D eigenvalue weighted by atomic mass is 16.5. The average Bonchev–Trinajstić information content (AvgIpc) is 3.25. The minimum absolute atomic E-state index is 0.0554. The number of unbranched alkanes of at least 4 members (excludes halogenated alkanes) is 24. The Hall–Kier alpha value is -2.44. The molecule has 0 aromatic rings. The van der Waals surface area contributed by atoms with Gasteiger partial charge >= 0.3 is 5.97 Å². The summed E-state index contributed by atoms with van der Waals surface area (Å²) in [5.74, 6) is -0.541. The third kappa shape index (κ3) is 44.0. The van der Waals surface area contributed by atoms with E-state index in [9.17, 15) is 19.8 Å². The molecule has 0 fully saturated rings. The number of nitrogens with one attached hydrogen (secondary N) is 1. The predicted molar refractivity (Wildman–Crippen MR) is 264 cm³/mol. The summed E-state index contributed by atoms with van der Waals surface area (Å²) in [6.45, 7) is 6.35. The van der Waals surface area contributed by atoms with E-state index in [4.69, 9.17) is 4.74 Å². The second-order valence-electron chi connectivity index (χ2n) is 17.5. The van der Waals surface area contributed by atoms with E-state index >= 15 is 0 Å². The second-order valence-corrected chi connectivity index (χ2v) is 17.5. The first-order valence-corrected chi connectivity index (χ1v) is 26.0. The Balaban J connectivity index is 4.52. The van der Waals surface area contributed by atoms with Gasteiger partial charge in [-0.15, -0.1) is 0 Å². The number of hydrogen-bond acceptors (Lipinski definition) is 5. The van der Waals surface area contributed by atoms with E-state index in [0.29, 0.717) is 25.7 Å². The number of esters is 1. The maximum Gasteiger partial charge on any atom is 0.306 e. The maximum atomic E-state index is 13.2. The van der Waals surface area contributed by atoms with E-state index < -0.39 is 18.2 Å². The van der Waals surface area contributed by atoms with Crippen molar-refractivity contribution in [3.05, 3.63) is 60.8 Å². The first kappa shape index (κ1) is 58.6. The van der Waals surface area contributed by atoms with Gasteiger partial charge in [0.1, 0.15) is 6.10 Å². The lowest BCUT2D eigenvalue weighted by atomic mass is 10.0. The molecule has 354 valence electrons. The maximum absolute atomic E-state index is 13.2. The zero-order valence-corrected chi connectivity index (χ0v) is 40.3. The van der Waals surface area contributed by atoms with Crippen molar-refractivity contribution >= 4 is 11.9 Å². The molecule has 0 aromatic carbocycles. The smallest absolute Gasteiger partial charge is 0.306 e. The molecule has 0 spiro atoms. The van der Waals surface area contributed by atoms with Crippen molar-refractivity contribution in [2.24, 2.45) is 0 Å². The Bertz CT molecular complexity index is 1090. The van der Waals surface area contributed by atoms with Crippen LogP contribution in [0.25, 0.3) is 0 Å². The summed E-state index contributed by atoms with van der Waals surface area (Å²) in [4.78, 5) is 26.1. The summed E-state index contributed by atoms with van der Waals surface area (Å²) in [5.41, 5.74) is 0. The molecule has 3 atom stereocenters. The third-order valence-electron chi connectivity index (χ3n) is 11.6. The highest BCUT2D eigenvalue weighted by molar-refractivity contribution is 5.77. The van der Waals surface area contributed by atoms with Crippen LogP contribution >= 0.6 is 0 Å². The Morgan fingerprint density at radius 2 is 0.869 bits per heavy atom. The van der Waals surface area contributed by atoms with Crippen molar-refractivity contribution in [2.45, 2.75) is 270 Å². The number of carbonyl (C=O) groups is 2. The Labute approximate surface area is 378 Å². The molecule has 6 nitrogen and oxygen atoms in total. The molecule has 0 rings (SSSR count). The molecule has 0 heterocycles. The molecule has 6 heteroatoms. The van der Waals surface area contributed by atoms with Gasteiger partial charge in [0.2, 0.25) is 5.91 Å². The average molecular weight is 854 g/mol. The topological polar surface area (TPSA) is 95.9 Å². The van der Waals surface area contributed by atoms with Crippen molar-refractivity contribution in [1.29, 1.82) is 0 Å². The second kappa shape index (κ2) is 48.6. The van der Waals surface area contributed by atoms with Gasteiger partial charge in [0.05, 0.1) is 25.2 Å². The Morgan fingerprint density at radius 3 is 1.28 bits per heavy atom. The van der Waals surface area contributed by atoms with Gasteiger partial charge in [-0.25, -0.2) is 0 Å². The van der Waals surface area contributed by atoms with Gasteiger partial charge in [-0.2, -0.15) is 0 Å². The first-order chi connectivity index (χ1) is 30.0. The normalized spacial score (nSPS) is 13.7. The van der Waals surface area contributed by atoms with E-state index in [1.807, 2.05) is 0 Å². The molecule has 0 radical (unpaired) electrons. The van der Waals surface area contributed by atoms with Gasteiger partial charge in [-0.1, -0.05) is 236 Å². The van der Waals surface area contributed by atoms with Crippen LogP contribution in [0.15, 0.2) is 60.8 Å². The largest absolute Gasteiger partial charge is 0.462 e. The van der Waals surface area contributed by atoms with Gasteiger partial charge in [0.15, 0.2) is 0 Å². The minimum atomic E-state index is -0.796. The fraction of sp³-hybridized carbons (Fsp3) is 0.782. The van der Waals surface area contributed by atoms with Gasteiger partial charge in [-0.3, -0.25) is 9.59 Å². The minimum Gasteiger partial charge on any atom is -0.462 e. The lowest BCUT2D eigenvalue weighted by Gasteiger charge is -2.24. The van der Waals surface area contributed by atoms with Crippen LogP contribution in [0.1, 0.15) is 252 Å². The number of rotatable bonds is 46. The number of aliphatic hydroxyl groups excluding tert-OH is 2. The van der Waals surface area contributed by atoms with Crippen molar-refractivity contribution in [2.75, 3.05) is 6.61 Å². The highest BCUT2D eigenvalue weighted by Gasteiger charge is 2.24. The van der Waals surface area contributed by atoms with Crippen molar-refractivity contribution in [1.82, 2.24) is 5.32 Å². The van der Waals surface area contributed by atoms with Crippen molar-refractivity contribution in [3.63, 3.8) is 0 Å². The monoisotopic (exact) mass is 854 g/mol. The summed E-state index contributed by atoms with van der Waals surface area (Å²) in [5, 5.41) is 23.8. The number of aliphatic hydroxyl groups is 2. The number of amides is 1. The molecule has 61 heavy (non-hydrogen) atoms. The molecule has 0 saturated carbocycles. The van der Waals surface area contributed by atoms with Crippen LogP contribution in [0.3, 0.4) is 0 Å². The summed E-state index contributed by atoms with van der Waals surface area (Å²) in [7, 11) is 0. The Morgan fingerprint density at radius 1 is 0.492 bits per heavy atom. The fourth-order valence-electron chi connectivity index (χ4n) is 7.70. The summed E-state index contributed by atoms with van der Waals surface area (Å²) >= 11 is 0. The quantitative estimate of drug-likeness (QED) is 0.0322. The van der Waals surface area contributed by atoms with Crippen LogP contribution in [0, 0.1) is 0 Å². The van der Waals surface area contributed by atoms with Crippen molar-refractivity contribution < 1.29 is 24.5 Å². The fourth-order valence-corrected chi connectivity index (χ4v) is 7.70. The third-order valence-corrected chi connectivity index (χ3v) is 11.6. The summed E-state index contributed by atoms with van der Waals surface area (Å²) in [6, 6.07) is -0.712. The molecular weight excluding hydrogens is 755 g/mol. The summed E-state index contributed by atoms with van der Waals surface area (Å²) < 4.78 is 5.89. The zero-order chi connectivity index (χ0) is 44.5. The van der Waals surface area contributed by atoms with Gasteiger partial charge < -0.3 is 20.3 Å². The molecule has 0 aromatic heterocycles. The molecular formula is C55H99NO5. The molecule has 0 saturated heterocycles. The Kier molecular flexibility index (Phi) is 46.6. The van der Waals surface area contributed by atoms with E-state index in [0.717, 1.165) is 77.0 Å². The van der Waals surface area contributed by atoms with E-state index in [-0.39, 0.29) is 24.9 Å². The molecule has 0 aliphatic rings. The lowest BCUT2D eigenvalue weighted by Crippen LogP contribution is -2.46. The van der Waals surface area contributed by atoms with Crippen LogP contribution in [0.2, 0.25) is 0 Å². The van der Waals surface area contributed by atoms with E-state index in [1.54, 1.807) is 0 Å². The van der Waals surface area contributed by atoms with Crippen LogP contribution in [-0.4, -0.2) is 46.9 Å². The molecule has 0 bridgehead atoms. The zero-order valence-electron chi connectivity index (χ0n) is 40.3. The lowest BCUT2D eigenvalue weighted by molar-refractivity contribution is -0.151. The van der Waals surface area contributed by atoms with Crippen LogP contribution in [-0.2, 0) is 14.3 Å². The van der Waals surface area contributed by atoms with Crippen LogP contribution in [0.5, 0.6) is 0 Å². The van der Waals surface area contributed by atoms with Crippen LogP contribution < -0.4 is 5.32 Å². The van der Waals surface area contributed by atoms with Gasteiger partial charge in [0, 0.05) is 6.42 Å². The number of allylic oxidation sites excluding steroid dienone is 10. The predicted octanol–water partition coefficient (Wildman–Crippen LogP) is 15.6. The van der Waals surface area contributed by atoms with E-state index in [1.165, 1.54) is 122 Å². The number of ether oxygens (including phenoxy) is 1. The SMILES string of the molecule is CC/C=C\C/C=C\C/C=C\C/C=C\C/C=C\CCCC(=O)OC(CCCCCCCCCCC)CC(=O)NC(CO)C(O)CCCCCCCCCCCCCCCCCC. The summed E-state index contributed by atoms with van der Waals surface area (Å²) in [6.07, 6.45) is 60.0. The number of carbonyl (C=O) groups excluding carboxylic acids is 2. The van der Waals surface area contributed by atoms with Gasteiger partial charge in [-0.05, 0) is 64.2 Å². The molecule has 0 aliphatic heterocycles.